The highest BCUT2D eigenvalue weighted by Gasteiger charge is 2.17. The molecule has 2 aromatic carbocycles. The molecule has 0 radical (unpaired) electrons. The molecule has 1 heterocycles. The molecule has 0 saturated heterocycles. The average molecular weight is 334 g/mol. The summed E-state index contributed by atoms with van der Waals surface area (Å²) in [6.07, 6.45) is 0.952. The maximum absolute atomic E-state index is 13.1. The fourth-order valence-electron chi connectivity index (χ4n) is 2.51. The van der Waals surface area contributed by atoms with Gasteiger partial charge in [-0.05, 0) is 47.9 Å². The van der Waals surface area contributed by atoms with E-state index in [2.05, 4.69) is 10.0 Å². The average Bonchev–Trinajstić information content (AvgIpc) is 2.46. The third kappa shape index (κ3) is 3.87. The molecule has 2 aromatic rings. The molecule has 0 unspecified atom stereocenters. The molecule has 0 atom stereocenters. The van der Waals surface area contributed by atoms with Crippen LogP contribution in [0.15, 0.2) is 42.5 Å². The van der Waals surface area contributed by atoms with Gasteiger partial charge in [-0.15, -0.1) is 0 Å². The van der Waals surface area contributed by atoms with Gasteiger partial charge in [0.05, 0.1) is 5.75 Å². The summed E-state index contributed by atoms with van der Waals surface area (Å²) in [5.41, 5.74) is 2.39. The van der Waals surface area contributed by atoms with Gasteiger partial charge in [0.25, 0.3) is 0 Å². The van der Waals surface area contributed by atoms with Crippen LogP contribution in [0.1, 0.15) is 17.5 Å². The van der Waals surface area contributed by atoms with Crippen molar-refractivity contribution < 1.29 is 17.6 Å². The van der Waals surface area contributed by atoms with E-state index in [4.69, 9.17) is 0 Å². The van der Waals surface area contributed by atoms with E-state index in [1.165, 1.54) is 18.2 Å². The second kappa shape index (κ2) is 6.00. The molecule has 1 amide bonds. The maximum atomic E-state index is 13.1. The van der Waals surface area contributed by atoms with Crippen LogP contribution in [-0.4, -0.2) is 14.3 Å². The van der Waals surface area contributed by atoms with E-state index < -0.39 is 15.8 Å². The first-order chi connectivity index (χ1) is 10.9. The van der Waals surface area contributed by atoms with E-state index in [0.717, 1.165) is 5.56 Å². The van der Waals surface area contributed by atoms with Gasteiger partial charge in [0.15, 0.2) is 0 Å². The molecule has 0 saturated carbocycles. The molecule has 5 nitrogen and oxygen atoms in total. The quantitative estimate of drug-likeness (QED) is 0.902. The van der Waals surface area contributed by atoms with Gasteiger partial charge in [-0.2, -0.15) is 0 Å². The Morgan fingerprint density at radius 3 is 2.74 bits per heavy atom. The number of benzene rings is 2. The fourth-order valence-corrected chi connectivity index (χ4v) is 3.69. The Hall–Kier alpha value is -2.41. The van der Waals surface area contributed by atoms with Gasteiger partial charge in [0.2, 0.25) is 15.9 Å². The van der Waals surface area contributed by atoms with Gasteiger partial charge >= 0.3 is 0 Å². The van der Waals surface area contributed by atoms with Crippen LogP contribution in [0.2, 0.25) is 0 Å². The van der Waals surface area contributed by atoms with Gasteiger partial charge in [0, 0.05) is 17.8 Å². The molecule has 0 bridgehead atoms. The van der Waals surface area contributed by atoms with Crippen molar-refractivity contribution in [3.63, 3.8) is 0 Å². The summed E-state index contributed by atoms with van der Waals surface area (Å²) >= 11 is 0. The predicted octanol–water partition coefficient (Wildman–Crippen LogP) is 2.65. The van der Waals surface area contributed by atoms with Crippen LogP contribution >= 0.6 is 0 Å². The lowest BCUT2D eigenvalue weighted by molar-refractivity contribution is -0.116. The smallest absolute Gasteiger partial charge is 0.236 e. The molecule has 23 heavy (non-hydrogen) atoms. The third-order valence-corrected chi connectivity index (χ3v) is 4.78. The van der Waals surface area contributed by atoms with Gasteiger partial charge < -0.3 is 5.32 Å². The number of halogens is 1. The van der Waals surface area contributed by atoms with Crippen molar-refractivity contribution in [2.75, 3.05) is 10.0 Å². The number of carbonyl (C=O) groups is 1. The first kappa shape index (κ1) is 15.5. The lowest BCUT2D eigenvalue weighted by atomic mass is 10.0. The predicted molar refractivity (Wildman–Crippen MR) is 86.0 cm³/mol. The Labute approximate surface area is 133 Å². The Morgan fingerprint density at radius 2 is 1.96 bits per heavy atom. The standard InChI is InChI=1S/C16H15FN2O3S/c17-13-3-1-2-11(8-13)10-23(21,22)19-14-5-6-15-12(9-14)4-7-16(20)18-15/h1-3,5-6,8-9,19H,4,7,10H2,(H,18,20). The first-order valence-corrected chi connectivity index (χ1v) is 8.74. The minimum Gasteiger partial charge on any atom is -0.326 e. The van der Waals surface area contributed by atoms with Crippen molar-refractivity contribution in [2.45, 2.75) is 18.6 Å². The molecule has 1 aliphatic rings. The van der Waals surface area contributed by atoms with Gasteiger partial charge in [0.1, 0.15) is 5.82 Å². The Bertz CT molecular complexity index is 865. The Kier molecular flexibility index (Phi) is 4.04. The van der Waals surface area contributed by atoms with E-state index in [9.17, 15) is 17.6 Å². The van der Waals surface area contributed by atoms with Crippen molar-refractivity contribution >= 4 is 27.3 Å². The molecule has 7 heteroatoms. The zero-order valence-electron chi connectivity index (χ0n) is 12.2. The minimum absolute atomic E-state index is 0.0445. The molecule has 1 aliphatic heterocycles. The Morgan fingerprint density at radius 1 is 1.13 bits per heavy atom. The van der Waals surface area contributed by atoms with Crippen LogP contribution in [0, 0.1) is 5.82 Å². The normalized spacial score (nSPS) is 14.0. The molecular formula is C16H15FN2O3S. The lowest BCUT2D eigenvalue weighted by Gasteiger charge is -2.18. The molecule has 3 rings (SSSR count). The second-order valence-electron chi connectivity index (χ2n) is 5.41. The summed E-state index contributed by atoms with van der Waals surface area (Å²) in [7, 11) is -3.65. The number of carbonyl (C=O) groups excluding carboxylic acids is 1. The SMILES string of the molecule is O=C1CCc2cc(NS(=O)(=O)Cc3cccc(F)c3)ccc2N1. The van der Waals surface area contributed by atoms with Crippen LogP contribution in [0.4, 0.5) is 15.8 Å². The van der Waals surface area contributed by atoms with Crippen LogP contribution in [0.5, 0.6) is 0 Å². The minimum atomic E-state index is -3.65. The molecule has 0 fully saturated rings. The number of amides is 1. The number of anilines is 2. The number of hydrogen-bond acceptors (Lipinski definition) is 3. The molecule has 0 aliphatic carbocycles. The highest BCUT2D eigenvalue weighted by molar-refractivity contribution is 7.91. The van der Waals surface area contributed by atoms with Crippen molar-refractivity contribution in [3.05, 3.63) is 59.4 Å². The number of hydrogen-bond donors (Lipinski definition) is 2. The van der Waals surface area contributed by atoms with E-state index >= 15 is 0 Å². The molecule has 2 N–H and O–H groups in total. The molecule has 0 spiro atoms. The summed E-state index contributed by atoms with van der Waals surface area (Å²) in [5, 5.41) is 2.74. The fraction of sp³-hybridized carbons (Fsp3) is 0.188. The number of rotatable bonds is 4. The zero-order chi connectivity index (χ0) is 16.4. The molecular weight excluding hydrogens is 319 g/mol. The van der Waals surface area contributed by atoms with Crippen LogP contribution in [0.25, 0.3) is 0 Å². The summed E-state index contributed by atoms with van der Waals surface area (Å²) in [6, 6.07) is 10.5. The number of sulfonamides is 1. The number of aryl methyl sites for hydroxylation is 1. The number of fused-ring (bicyclic) bond motifs is 1. The lowest BCUT2D eigenvalue weighted by Crippen LogP contribution is -2.20. The van der Waals surface area contributed by atoms with E-state index in [-0.39, 0.29) is 11.7 Å². The number of nitrogens with one attached hydrogen (secondary N) is 2. The largest absolute Gasteiger partial charge is 0.326 e. The second-order valence-corrected chi connectivity index (χ2v) is 7.13. The van der Waals surface area contributed by atoms with Crippen LogP contribution < -0.4 is 10.0 Å². The highest BCUT2D eigenvalue weighted by atomic mass is 32.2. The summed E-state index contributed by atoms with van der Waals surface area (Å²) in [4.78, 5) is 11.3. The van der Waals surface area contributed by atoms with Crippen LogP contribution in [-0.2, 0) is 27.0 Å². The third-order valence-electron chi connectivity index (χ3n) is 3.52. The first-order valence-electron chi connectivity index (χ1n) is 7.09. The summed E-state index contributed by atoms with van der Waals surface area (Å²) in [5.74, 6) is -0.822. The summed E-state index contributed by atoms with van der Waals surface area (Å²) in [6.45, 7) is 0. The molecule has 0 aromatic heterocycles. The van der Waals surface area contributed by atoms with E-state index in [1.54, 1.807) is 24.3 Å². The van der Waals surface area contributed by atoms with Gasteiger partial charge in [-0.1, -0.05) is 12.1 Å². The van der Waals surface area contributed by atoms with Gasteiger partial charge in [-0.25, -0.2) is 12.8 Å². The van der Waals surface area contributed by atoms with Crippen LogP contribution in [0.3, 0.4) is 0 Å². The van der Waals surface area contributed by atoms with Crippen molar-refractivity contribution in [1.82, 2.24) is 0 Å². The monoisotopic (exact) mass is 334 g/mol. The molecule has 120 valence electrons. The van der Waals surface area contributed by atoms with Crippen molar-refractivity contribution in [3.8, 4) is 0 Å². The Balaban J connectivity index is 1.77. The topological polar surface area (TPSA) is 75.3 Å². The van der Waals surface area contributed by atoms with Crippen molar-refractivity contribution in [2.24, 2.45) is 0 Å². The highest BCUT2D eigenvalue weighted by Crippen LogP contribution is 2.26. The zero-order valence-corrected chi connectivity index (χ0v) is 13.0. The van der Waals surface area contributed by atoms with E-state index in [0.29, 0.717) is 29.8 Å². The summed E-state index contributed by atoms with van der Waals surface area (Å²) < 4.78 is 40.0. The van der Waals surface area contributed by atoms with E-state index in [1.807, 2.05) is 0 Å². The van der Waals surface area contributed by atoms with Gasteiger partial charge in [-0.3, -0.25) is 9.52 Å². The maximum Gasteiger partial charge on any atom is 0.236 e. The van der Waals surface area contributed by atoms with Crippen molar-refractivity contribution in [1.29, 1.82) is 0 Å².